The maximum atomic E-state index is 14.5. The number of H-pyrrole nitrogens is 1. The zero-order valence-corrected chi connectivity index (χ0v) is 12.3. The molecule has 1 aliphatic rings. The van der Waals surface area contributed by atoms with Crippen molar-refractivity contribution in [2.75, 3.05) is 25.0 Å². The summed E-state index contributed by atoms with van der Waals surface area (Å²) in [5.41, 5.74) is -0.844. The summed E-state index contributed by atoms with van der Waals surface area (Å²) in [6.07, 6.45) is 0.940. The lowest BCUT2D eigenvalue weighted by atomic mass is 9.94. The number of nitrogens with zero attached hydrogens (tertiary/aromatic N) is 1. The first-order valence-electron chi connectivity index (χ1n) is 6.79. The summed E-state index contributed by atoms with van der Waals surface area (Å²) in [4.78, 5) is 18.8. The van der Waals surface area contributed by atoms with Crippen LogP contribution in [-0.2, 0) is 0 Å². The quantitative estimate of drug-likeness (QED) is 0.809. The van der Waals surface area contributed by atoms with Gasteiger partial charge in [-0.25, -0.2) is 9.37 Å². The van der Waals surface area contributed by atoms with Gasteiger partial charge in [-0.15, -0.1) is 12.4 Å². The van der Waals surface area contributed by atoms with Crippen LogP contribution >= 0.6 is 12.4 Å². The van der Waals surface area contributed by atoms with Gasteiger partial charge < -0.3 is 10.6 Å². The normalized spacial score (nSPS) is 17.2. The number of hydrogen-bond donors (Lipinski definition) is 3. The highest BCUT2D eigenvalue weighted by atomic mass is 35.5. The van der Waals surface area contributed by atoms with Crippen LogP contribution in [0.5, 0.6) is 0 Å². The van der Waals surface area contributed by atoms with E-state index in [4.69, 9.17) is 0 Å². The number of fused-ring (bicyclic) bond motifs is 1. The van der Waals surface area contributed by atoms with E-state index in [-0.39, 0.29) is 24.5 Å². The summed E-state index contributed by atoms with van der Waals surface area (Å²) in [6.45, 7) is 1.52. The fourth-order valence-electron chi connectivity index (χ4n) is 2.46. The van der Waals surface area contributed by atoms with E-state index in [1.54, 1.807) is 18.2 Å². The molecule has 1 aliphatic heterocycles. The zero-order chi connectivity index (χ0) is 14.0. The van der Waals surface area contributed by atoms with Gasteiger partial charge in [-0.2, -0.15) is 0 Å². The van der Waals surface area contributed by atoms with Crippen LogP contribution in [0, 0.1) is 0 Å². The Morgan fingerprint density at radius 2 is 2.00 bits per heavy atom. The Hall–Kier alpha value is -1.66. The highest BCUT2D eigenvalue weighted by Gasteiger charge is 2.31. The summed E-state index contributed by atoms with van der Waals surface area (Å²) in [5.74, 6) is 0.323. The summed E-state index contributed by atoms with van der Waals surface area (Å²) < 4.78 is 14.5. The van der Waals surface area contributed by atoms with Crippen molar-refractivity contribution in [1.82, 2.24) is 15.3 Å². The molecule has 1 fully saturated rings. The van der Waals surface area contributed by atoms with Crippen LogP contribution in [0.4, 0.5) is 10.3 Å². The minimum absolute atomic E-state index is 0. The molecule has 1 saturated heterocycles. The number of aromatic nitrogens is 2. The Labute approximate surface area is 127 Å². The van der Waals surface area contributed by atoms with Crippen molar-refractivity contribution in [2.24, 2.45) is 0 Å². The van der Waals surface area contributed by atoms with Crippen LogP contribution in [0.3, 0.4) is 0 Å². The van der Waals surface area contributed by atoms with Gasteiger partial charge in [-0.05, 0) is 38.1 Å². The summed E-state index contributed by atoms with van der Waals surface area (Å²) >= 11 is 0. The van der Waals surface area contributed by atoms with Gasteiger partial charge in [-0.3, -0.25) is 9.78 Å². The van der Waals surface area contributed by atoms with Crippen LogP contribution in [0.2, 0.25) is 0 Å². The maximum absolute atomic E-state index is 14.5. The molecule has 2 aromatic rings. The van der Waals surface area contributed by atoms with Crippen LogP contribution in [0.25, 0.3) is 10.9 Å². The Kier molecular flexibility index (Phi) is 4.80. The van der Waals surface area contributed by atoms with E-state index in [1.165, 1.54) is 0 Å². The van der Waals surface area contributed by atoms with Gasteiger partial charge in [-0.1, -0.05) is 12.1 Å². The Morgan fingerprint density at radius 1 is 1.29 bits per heavy atom. The summed E-state index contributed by atoms with van der Waals surface area (Å²) in [7, 11) is 0. The van der Waals surface area contributed by atoms with E-state index in [0.717, 1.165) is 0 Å². The van der Waals surface area contributed by atoms with Gasteiger partial charge in [0.25, 0.3) is 5.56 Å². The molecule has 1 aromatic carbocycles. The van der Waals surface area contributed by atoms with E-state index in [0.29, 0.717) is 42.8 Å². The Balaban J connectivity index is 0.00000161. The Bertz CT molecular complexity index is 669. The number of anilines is 1. The molecule has 7 heteroatoms. The number of nitrogens with one attached hydrogen (secondary N) is 3. The van der Waals surface area contributed by atoms with Gasteiger partial charge in [0.05, 0.1) is 17.4 Å². The highest BCUT2D eigenvalue weighted by molar-refractivity contribution is 5.85. The average Bonchev–Trinajstić information content (AvgIpc) is 2.46. The molecule has 0 saturated carbocycles. The van der Waals surface area contributed by atoms with Gasteiger partial charge >= 0.3 is 0 Å². The minimum Gasteiger partial charge on any atom is -0.353 e. The molecule has 0 aliphatic carbocycles. The van der Waals surface area contributed by atoms with Crippen molar-refractivity contribution in [3.8, 4) is 0 Å². The van der Waals surface area contributed by atoms with E-state index in [1.807, 2.05) is 6.07 Å². The molecule has 0 unspecified atom stereocenters. The first-order valence-corrected chi connectivity index (χ1v) is 6.79. The van der Waals surface area contributed by atoms with E-state index < -0.39 is 5.67 Å². The SMILES string of the molecule is Cl.O=c1[nH]c(NCC2(F)CCNCC2)nc2ccccc12. The van der Waals surface area contributed by atoms with Crippen molar-refractivity contribution in [3.63, 3.8) is 0 Å². The second-order valence-electron chi connectivity index (χ2n) is 5.19. The molecule has 5 nitrogen and oxygen atoms in total. The van der Waals surface area contributed by atoms with Gasteiger partial charge in [0.15, 0.2) is 0 Å². The number of para-hydroxylation sites is 1. The molecule has 0 atom stereocenters. The molecular formula is C14H18ClFN4O. The maximum Gasteiger partial charge on any atom is 0.260 e. The fourth-order valence-corrected chi connectivity index (χ4v) is 2.46. The topological polar surface area (TPSA) is 69.8 Å². The minimum atomic E-state index is -1.24. The Morgan fingerprint density at radius 3 is 2.76 bits per heavy atom. The van der Waals surface area contributed by atoms with Crippen molar-refractivity contribution >= 4 is 29.3 Å². The van der Waals surface area contributed by atoms with Crippen molar-refractivity contribution < 1.29 is 4.39 Å². The second kappa shape index (κ2) is 6.41. The number of rotatable bonds is 3. The van der Waals surface area contributed by atoms with Crippen LogP contribution in [0.15, 0.2) is 29.1 Å². The van der Waals surface area contributed by atoms with Crippen molar-refractivity contribution in [1.29, 1.82) is 0 Å². The van der Waals surface area contributed by atoms with E-state index in [2.05, 4.69) is 20.6 Å². The molecule has 0 amide bonds. The number of alkyl halides is 1. The number of piperidine rings is 1. The van der Waals surface area contributed by atoms with Gasteiger partial charge in [0.2, 0.25) is 5.95 Å². The highest BCUT2D eigenvalue weighted by Crippen LogP contribution is 2.23. The van der Waals surface area contributed by atoms with Crippen molar-refractivity contribution in [2.45, 2.75) is 18.5 Å². The largest absolute Gasteiger partial charge is 0.353 e. The zero-order valence-electron chi connectivity index (χ0n) is 11.5. The lowest BCUT2D eigenvalue weighted by molar-refractivity contribution is 0.131. The average molecular weight is 313 g/mol. The van der Waals surface area contributed by atoms with Crippen molar-refractivity contribution in [3.05, 3.63) is 34.6 Å². The van der Waals surface area contributed by atoms with E-state index in [9.17, 15) is 9.18 Å². The smallest absolute Gasteiger partial charge is 0.260 e. The number of aromatic amines is 1. The lowest BCUT2D eigenvalue weighted by Crippen LogP contribution is -2.43. The monoisotopic (exact) mass is 312 g/mol. The first-order chi connectivity index (χ1) is 9.66. The molecule has 1 aromatic heterocycles. The van der Waals surface area contributed by atoms with Crippen LogP contribution in [0.1, 0.15) is 12.8 Å². The van der Waals surface area contributed by atoms with Gasteiger partial charge in [0.1, 0.15) is 5.67 Å². The summed E-state index contributed by atoms with van der Waals surface area (Å²) in [6, 6.07) is 7.10. The molecule has 21 heavy (non-hydrogen) atoms. The second-order valence-corrected chi connectivity index (χ2v) is 5.19. The van der Waals surface area contributed by atoms with Gasteiger partial charge in [0, 0.05) is 0 Å². The third-order valence-electron chi connectivity index (χ3n) is 3.69. The molecule has 3 N–H and O–H groups in total. The molecule has 3 rings (SSSR count). The predicted molar refractivity (Wildman–Crippen MR) is 84.0 cm³/mol. The summed E-state index contributed by atoms with van der Waals surface area (Å²) in [5, 5.41) is 6.59. The number of benzene rings is 1. The number of hydrogen-bond acceptors (Lipinski definition) is 4. The van der Waals surface area contributed by atoms with Crippen LogP contribution in [-0.4, -0.2) is 35.3 Å². The molecule has 0 radical (unpaired) electrons. The molecule has 0 spiro atoms. The lowest BCUT2D eigenvalue weighted by Gasteiger charge is -2.30. The third kappa shape index (κ3) is 3.51. The third-order valence-corrected chi connectivity index (χ3v) is 3.69. The molecule has 0 bridgehead atoms. The number of halogens is 2. The van der Waals surface area contributed by atoms with Crippen LogP contribution < -0.4 is 16.2 Å². The van der Waals surface area contributed by atoms with E-state index >= 15 is 0 Å². The standard InChI is InChI=1S/C14H17FN4O.ClH/c15-14(5-7-16-8-6-14)9-17-13-18-11-4-2-1-3-10(11)12(20)19-13;/h1-4,16H,5-9H2,(H2,17,18,19,20);1H. The first kappa shape index (κ1) is 15.7. The predicted octanol–water partition coefficient (Wildman–Crippen LogP) is 1.85. The molecular weight excluding hydrogens is 295 g/mol. The molecule has 2 heterocycles. The fraction of sp³-hybridized carbons (Fsp3) is 0.429. The molecule has 114 valence electrons.